The Kier molecular flexibility index (Phi) is 4.85. The van der Waals surface area contributed by atoms with Gasteiger partial charge in [0.15, 0.2) is 11.5 Å². The Morgan fingerprint density at radius 2 is 2.00 bits per heavy atom. The summed E-state index contributed by atoms with van der Waals surface area (Å²) in [4.78, 5) is 36.8. The zero-order valence-electron chi connectivity index (χ0n) is 15.1. The van der Waals surface area contributed by atoms with Crippen molar-refractivity contribution < 1.29 is 28.7 Å². The summed E-state index contributed by atoms with van der Waals surface area (Å²) in [6.07, 6.45) is 1.55. The molecule has 0 N–H and O–H groups in total. The fourth-order valence-electron chi connectivity index (χ4n) is 2.96. The summed E-state index contributed by atoms with van der Waals surface area (Å²) in [5.41, 5.74) is 0.955. The highest BCUT2D eigenvalue weighted by Crippen LogP contribution is 2.41. The molecule has 2 aromatic rings. The van der Waals surface area contributed by atoms with Gasteiger partial charge in [-0.15, -0.1) is 0 Å². The summed E-state index contributed by atoms with van der Waals surface area (Å²) in [6, 6.07) is 9.16. The highest BCUT2D eigenvalue weighted by Gasteiger charge is 2.35. The third-order valence-corrected chi connectivity index (χ3v) is 5.25. The van der Waals surface area contributed by atoms with Crippen LogP contribution in [-0.2, 0) is 11.3 Å². The molecule has 0 aliphatic carbocycles. The minimum Gasteiger partial charge on any atom is -0.496 e. The van der Waals surface area contributed by atoms with Gasteiger partial charge in [0, 0.05) is 23.8 Å². The van der Waals surface area contributed by atoms with Crippen LogP contribution in [0.15, 0.2) is 41.3 Å². The molecule has 2 amide bonds. The fourth-order valence-corrected chi connectivity index (χ4v) is 3.79. The van der Waals surface area contributed by atoms with E-state index in [1.165, 1.54) is 25.3 Å². The second-order valence-electron chi connectivity index (χ2n) is 6.14. The molecule has 2 aliphatic heterocycles. The molecule has 2 aliphatic rings. The van der Waals surface area contributed by atoms with Crippen molar-refractivity contribution in [2.45, 2.75) is 6.54 Å². The second-order valence-corrected chi connectivity index (χ2v) is 7.14. The average molecular weight is 414 g/mol. The van der Waals surface area contributed by atoms with E-state index < -0.39 is 16.1 Å². The predicted molar refractivity (Wildman–Crippen MR) is 104 cm³/mol. The molecule has 148 valence electrons. The van der Waals surface area contributed by atoms with Crippen LogP contribution in [0.3, 0.4) is 0 Å². The van der Waals surface area contributed by atoms with E-state index in [0.717, 1.165) is 16.7 Å². The van der Waals surface area contributed by atoms with Crippen LogP contribution < -0.4 is 14.2 Å². The number of nitro benzene ring substituents is 1. The lowest BCUT2D eigenvalue weighted by Gasteiger charge is -2.12. The zero-order valence-corrected chi connectivity index (χ0v) is 15.9. The number of ether oxygens (including phenoxy) is 3. The molecule has 4 rings (SSSR count). The number of carbonyl (C=O) groups excluding carboxylic acids is 2. The predicted octanol–water partition coefficient (Wildman–Crippen LogP) is 3.57. The number of nitro groups is 1. The Labute approximate surface area is 169 Å². The van der Waals surface area contributed by atoms with E-state index in [9.17, 15) is 19.7 Å². The number of rotatable bonds is 5. The van der Waals surface area contributed by atoms with Crippen molar-refractivity contribution in [3.8, 4) is 17.2 Å². The van der Waals surface area contributed by atoms with Gasteiger partial charge >= 0.3 is 0 Å². The number of fused-ring (bicyclic) bond motifs is 1. The number of non-ortho nitro benzene ring substituents is 1. The van der Waals surface area contributed by atoms with E-state index in [1.807, 2.05) is 0 Å². The van der Waals surface area contributed by atoms with Gasteiger partial charge in [-0.2, -0.15) is 0 Å². The van der Waals surface area contributed by atoms with E-state index in [1.54, 1.807) is 24.3 Å². The van der Waals surface area contributed by atoms with Crippen LogP contribution in [0.1, 0.15) is 11.1 Å². The van der Waals surface area contributed by atoms with E-state index in [-0.39, 0.29) is 23.9 Å². The quantitative estimate of drug-likeness (QED) is 0.415. The number of amides is 2. The highest BCUT2D eigenvalue weighted by atomic mass is 32.2. The molecular formula is C19H14N2O7S. The van der Waals surface area contributed by atoms with Gasteiger partial charge in [-0.25, -0.2) is 0 Å². The van der Waals surface area contributed by atoms with Crippen LogP contribution in [0.5, 0.6) is 17.2 Å². The topological polar surface area (TPSA) is 108 Å². The lowest BCUT2D eigenvalue weighted by molar-refractivity contribution is -0.384. The molecule has 1 fully saturated rings. The lowest BCUT2D eigenvalue weighted by Crippen LogP contribution is -2.27. The summed E-state index contributed by atoms with van der Waals surface area (Å²) in [5, 5.41) is 10.5. The number of imide groups is 1. The molecule has 0 bridgehead atoms. The van der Waals surface area contributed by atoms with Gasteiger partial charge < -0.3 is 14.2 Å². The SMILES string of the molecule is COc1cc2c(cc1/C=C1/SC(=O)N(Cc3cccc([N+](=O)[O-])c3)C1=O)OCO2. The number of thioether (sulfide) groups is 1. The number of hydrogen-bond donors (Lipinski definition) is 0. The zero-order chi connectivity index (χ0) is 20.5. The van der Waals surface area contributed by atoms with Crippen molar-refractivity contribution in [1.29, 1.82) is 0 Å². The summed E-state index contributed by atoms with van der Waals surface area (Å²) in [6.45, 7) is 0.0453. The number of nitrogens with zero attached hydrogens (tertiary/aromatic N) is 2. The molecule has 9 nitrogen and oxygen atoms in total. The van der Waals surface area contributed by atoms with Gasteiger partial charge in [-0.3, -0.25) is 24.6 Å². The smallest absolute Gasteiger partial charge is 0.293 e. The average Bonchev–Trinajstić information content (AvgIpc) is 3.27. The van der Waals surface area contributed by atoms with E-state index in [2.05, 4.69) is 0 Å². The molecule has 0 saturated carbocycles. The van der Waals surface area contributed by atoms with Gasteiger partial charge in [-0.05, 0) is 29.5 Å². The van der Waals surface area contributed by atoms with Crippen LogP contribution in [0, 0.1) is 10.1 Å². The van der Waals surface area contributed by atoms with Crippen LogP contribution >= 0.6 is 11.8 Å². The summed E-state index contributed by atoms with van der Waals surface area (Å²) >= 11 is 0.796. The van der Waals surface area contributed by atoms with Gasteiger partial charge in [0.25, 0.3) is 16.8 Å². The first-order chi connectivity index (χ1) is 14.0. The molecular weight excluding hydrogens is 400 g/mol. The third-order valence-electron chi connectivity index (χ3n) is 4.35. The third kappa shape index (κ3) is 3.61. The Balaban J connectivity index is 1.60. The fraction of sp³-hybridized carbons (Fsp3) is 0.158. The van der Waals surface area contributed by atoms with Gasteiger partial charge in [-0.1, -0.05) is 12.1 Å². The van der Waals surface area contributed by atoms with E-state index in [0.29, 0.717) is 28.4 Å². The molecule has 0 radical (unpaired) electrons. The molecule has 10 heteroatoms. The Morgan fingerprint density at radius 3 is 2.72 bits per heavy atom. The largest absolute Gasteiger partial charge is 0.496 e. The molecule has 0 spiro atoms. The number of carbonyl (C=O) groups is 2. The van der Waals surface area contributed by atoms with Crippen molar-refractivity contribution in [3.05, 3.63) is 62.5 Å². The Bertz CT molecular complexity index is 1070. The van der Waals surface area contributed by atoms with Crippen molar-refractivity contribution >= 4 is 34.7 Å². The molecule has 1 saturated heterocycles. The second kappa shape index (κ2) is 7.47. The van der Waals surface area contributed by atoms with Crippen molar-refractivity contribution in [2.24, 2.45) is 0 Å². The van der Waals surface area contributed by atoms with Gasteiger partial charge in [0.05, 0.1) is 23.5 Å². The van der Waals surface area contributed by atoms with Crippen LogP contribution in [-0.4, -0.2) is 34.9 Å². The Hall–Kier alpha value is -3.53. The van der Waals surface area contributed by atoms with Gasteiger partial charge in [0.1, 0.15) is 5.75 Å². The summed E-state index contributed by atoms with van der Waals surface area (Å²) in [5.74, 6) is 1.05. The molecule has 2 heterocycles. The first-order valence-electron chi connectivity index (χ1n) is 8.42. The normalized spacial score (nSPS) is 16.6. The molecule has 2 aromatic carbocycles. The monoisotopic (exact) mass is 414 g/mol. The van der Waals surface area contributed by atoms with Crippen molar-refractivity contribution in [2.75, 3.05) is 13.9 Å². The van der Waals surface area contributed by atoms with E-state index in [4.69, 9.17) is 14.2 Å². The minimum absolute atomic E-state index is 0.0536. The number of methoxy groups -OCH3 is 1. The first-order valence-corrected chi connectivity index (χ1v) is 9.24. The molecule has 0 atom stereocenters. The minimum atomic E-state index is -0.525. The number of benzene rings is 2. The maximum atomic E-state index is 12.8. The van der Waals surface area contributed by atoms with Gasteiger partial charge in [0.2, 0.25) is 6.79 Å². The molecule has 0 unspecified atom stereocenters. The lowest BCUT2D eigenvalue weighted by atomic mass is 10.1. The summed E-state index contributed by atoms with van der Waals surface area (Å²) in [7, 11) is 1.49. The molecule has 0 aromatic heterocycles. The van der Waals surface area contributed by atoms with Crippen LogP contribution in [0.2, 0.25) is 0 Å². The maximum absolute atomic E-state index is 12.8. The van der Waals surface area contributed by atoms with Crippen molar-refractivity contribution in [1.82, 2.24) is 4.90 Å². The maximum Gasteiger partial charge on any atom is 0.293 e. The molecule has 29 heavy (non-hydrogen) atoms. The van der Waals surface area contributed by atoms with Crippen LogP contribution in [0.25, 0.3) is 6.08 Å². The first kappa shape index (κ1) is 18.8. The van der Waals surface area contributed by atoms with E-state index >= 15 is 0 Å². The summed E-state index contributed by atoms with van der Waals surface area (Å²) < 4.78 is 16.0. The Morgan fingerprint density at radius 1 is 1.24 bits per heavy atom. The van der Waals surface area contributed by atoms with Crippen LogP contribution in [0.4, 0.5) is 10.5 Å². The van der Waals surface area contributed by atoms with Crippen molar-refractivity contribution in [3.63, 3.8) is 0 Å². The highest BCUT2D eigenvalue weighted by molar-refractivity contribution is 8.18. The number of hydrogen-bond acceptors (Lipinski definition) is 8. The standard InChI is InChI=1S/C19H14N2O7S/c1-26-14-8-16-15(27-10-28-16)6-12(14)7-17-18(22)20(19(23)29-17)9-11-3-2-4-13(5-11)21(24)25/h2-8H,9-10H2,1H3/b17-7+.